The lowest BCUT2D eigenvalue weighted by Gasteiger charge is -2.48. The number of benzene rings is 3. The minimum Gasteiger partial charge on any atom is -0.493 e. The molecule has 0 spiro atoms. The highest BCUT2D eigenvalue weighted by Gasteiger charge is 2.50. The lowest BCUT2D eigenvalue weighted by atomic mass is 9.75. The van der Waals surface area contributed by atoms with E-state index in [1.54, 1.807) is 29.2 Å². The Bertz CT molecular complexity index is 1360. The number of rotatable bonds is 13. The van der Waals surface area contributed by atoms with E-state index >= 15 is 4.39 Å². The van der Waals surface area contributed by atoms with Crippen LogP contribution in [0.25, 0.3) is 0 Å². The van der Waals surface area contributed by atoms with E-state index in [9.17, 15) is 18.4 Å². The van der Waals surface area contributed by atoms with Crippen molar-refractivity contribution in [1.29, 1.82) is 0 Å². The fourth-order valence-corrected chi connectivity index (χ4v) is 6.36. The molecule has 1 amide bonds. The van der Waals surface area contributed by atoms with Crippen LogP contribution in [0.4, 0.5) is 18.9 Å². The van der Waals surface area contributed by atoms with Crippen molar-refractivity contribution in [2.24, 2.45) is 5.92 Å². The predicted octanol–water partition coefficient (Wildman–Crippen LogP) is 8.92. The first-order valence-electron chi connectivity index (χ1n) is 14.8. The average Bonchev–Trinajstić information content (AvgIpc) is 2.92. The van der Waals surface area contributed by atoms with Gasteiger partial charge >= 0.3 is 0 Å². The van der Waals surface area contributed by atoms with E-state index < -0.39 is 31.9 Å². The number of β-lactam (4-membered cyclic amide) rings is 1. The van der Waals surface area contributed by atoms with Gasteiger partial charge in [0.15, 0.2) is 8.32 Å². The summed E-state index contributed by atoms with van der Waals surface area (Å²) in [5.74, 6) is -1.44. The second-order valence-corrected chi connectivity index (χ2v) is 17.1. The molecule has 1 aliphatic rings. The molecule has 0 aliphatic carbocycles. The van der Waals surface area contributed by atoms with Crippen LogP contribution in [0.15, 0.2) is 66.7 Å². The molecule has 8 heteroatoms. The first-order chi connectivity index (χ1) is 19.8. The van der Waals surface area contributed by atoms with Gasteiger partial charge in [-0.15, -0.1) is 0 Å². The summed E-state index contributed by atoms with van der Waals surface area (Å²) in [7, 11) is -2.55. The highest BCUT2D eigenvalue weighted by molar-refractivity contribution is 6.72. The summed E-state index contributed by atoms with van der Waals surface area (Å²) in [5, 5.41) is -0.338. The van der Waals surface area contributed by atoms with Crippen LogP contribution >= 0.6 is 0 Å². The Morgan fingerprint density at radius 2 is 1.60 bits per heavy atom. The first kappa shape index (κ1) is 31.8. The topological polar surface area (TPSA) is 49.8 Å². The molecule has 1 fully saturated rings. The minimum atomic E-state index is -2.55. The van der Waals surface area contributed by atoms with Gasteiger partial charge in [-0.05, 0) is 97.8 Å². The molecule has 3 atom stereocenters. The number of hydrogen-bond donors (Lipinski definition) is 1. The molecule has 3 aromatic rings. The zero-order chi connectivity index (χ0) is 30.7. The first-order valence-corrected chi connectivity index (χ1v) is 17.8. The van der Waals surface area contributed by atoms with Gasteiger partial charge in [-0.2, -0.15) is 0 Å². The van der Waals surface area contributed by atoms with E-state index in [1.807, 2.05) is 13.1 Å². The maximum absolute atomic E-state index is 15.6. The van der Waals surface area contributed by atoms with Gasteiger partial charge < -0.3 is 14.4 Å². The van der Waals surface area contributed by atoms with Gasteiger partial charge in [-0.3, -0.25) is 4.79 Å². The number of amides is 1. The van der Waals surface area contributed by atoms with Crippen molar-refractivity contribution in [3.63, 3.8) is 0 Å². The van der Waals surface area contributed by atoms with E-state index in [1.165, 1.54) is 42.5 Å². The molecular formula is C34H42F3NO3Si. The zero-order valence-electron chi connectivity index (χ0n) is 25.2. The molecule has 1 N–H and O–H groups in total. The lowest BCUT2D eigenvalue weighted by Crippen LogP contribution is -2.55. The number of hydrogen-bond acceptors (Lipinski definition) is 3. The second kappa shape index (κ2) is 13.0. The van der Waals surface area contributed by atoms with E-state index in [4.69, 9.17) is 4.74 Å². The molecule has 0 radical (unpaired) electrons. The Kier molecular flexibility index (Phi) is 9.88. The average molecular weight is 598 g/mol. The number of ether oxygens (including phenoxy) is 1. The molecule has 1 unspecified atom stereocenters. The van der Waals surface area contributed by atoms with Gasteiger partial charge in [-0.25, -0.2) is 13.2 Å². The van der Waals surface area contributed by atoms with Crippen LogP contribution in [0.2, 0.25) is 18.1 Å². The fraction of sp³-hybridized carbons (Fsp3) is 0.441. The van der Waals surface area contributed by atoms with Crippen molar-refractivity contribution < 1.29 is 27.5 Å². The maximum Gasteiger partial charge on any atom is 0.233 e. The molecule has 1 saturated heterocycles. The lowest BCUT2D eigenvalue weighted by molar-refractivity contribution is -0.130. The third-order valence-electron chi connectivity index (χ3n) is 8.96. The van der Waals surface area contributed by atoms with Crippen LogP contribution in [0.5, 0.6) is 5.75 Å². The van der Waals surface area contributed by atoms with Crippen molar-refractivity contribution in [3.05, 3.63) is 95.3 Å². The van der Waals surface area contributed by atoms with Crippen LogP contribution in [0.3, 0.4) is 0 Å². The quantitative estimate of drug-likeness (QED) is 0.122. The molecular weight excluding hydrogens is 555 g/mol. The third kappa shape index (κ3) is 7.09. The van der Waals surface area contributed by atoms with Crippen LogP contribution < -0.4 is 9.64 Å². The highest BCUT2D eigenvalue weighted by atomic mass is 28.4. The second-order valence-electron chi connectivity index (χ2n) is 12.6. The Hall–Kier alpha value is -3.10. The molecule has 1 heterocycles. The summed E-state index contributed by atoms with van der Waals surface area (Å²) in [6, 6.07) is 16.3. The zero-order valence-corrected chi connectivity index (χ0v) is 26.2. The SMILES string of the molecule is CCCCOc1ccc([C@@H]2C(CC[C@H](CC(C)(C)[Si](C)(C)O)c3ccc(F)cc3)C(=O)N2c2ccc(F)cc2)c(F)c1. The summed E-state index contributed by atoms with van der Waals surface area (Å²) in [6.45, 7) is 10.5. The Morgan fingerprint density at radius 3 is 2.17 bits per heavy atom. The van der Waals surface area contributed by atoms with E-state index in [-0.39, 0.29) is 22.7 Å². The number of anilines is 1. The van der Waals surface area contributed by atoms with Crippen LogP contribution in [-0.4, -0.2) is 25.6 Å². The van der Waals surface area contributed by atoms with Crippen molar-refractivity contribution in [1.82, 2.24) is 0 Å². The van der Waals surface area contributed by atoms with Gasteiger partial charge in [0.05, 0.1) is 18.6 Å². The summed E-state index contributed by atoms with van der Waals surface area (Å²) >= 11 is 0. The summed E-state index contributed by atoms with van der Waals surface area (Å²) < 4.78 is 48.8. The van der Waals surface area contributed by atoms with E-state index in [0.717, 1.165) is 18.4 Å². The Morgan fingerprint density at radius 1 is 0.976 bits per heavy atom. The molecule has 0 bridgehead atoms. The fourth-order valence-electron chi connectivity index (χ4n) is 5.62. The van der Waals surface area contributed by atoms with Crippen molar-refractivity contribution in [2.45, 2.75) is 83.0 Å². The molecule has 226 valence electrons. The van der Waals surface area contributed by atoms with Gasteiger partial charge in [0.1, 0.15) is 23.2 Å². The number of carbonyl (C=O) groups excluding carboxylic acids is 1. The van der Waals surface area contributed by atoms with Crippen LogP contribution in [0.1, 0.15) is 76.0 Å². The van der Waals surface area contributed by atoms with Gasteiger partial charge in [0, 0.05) is 17.3 Å². The highest BCUT2D eigenvalue weighted by Crippen LogP contribution is 2.50. The summed E-state index contributed by atoms with van der Waals surface area (Å²) in [6.07, 6.45) is 3.57. The number of carbonyl (C=O) groups is 1. The summed E-state index contributed by atoms with van der Waals surface area (Å²) in [4.78, 5) is 26.2. The molecule has 3 aromatic carbocycles. The largest absolute Gasteiger partial charge is 0.493 e. The van der Waals surface area contributed by atoms with Crippen molar-refractivity contribution in [3.8, 4) is 5.75 Å². The standard InChI is InChI=1S/C34H42F3NO3Si/c1-6-7-20-41-28-17-19-29(31(37)21-28)32-30(33(39)38(32)27-15-13-26(36)14-16-27)18-10-24(22-34(2,3)42(4,5)40)23-8-11-25(35)12-9-23/h8-9,11-17,19,21,24,30,32,40H,6-7,10,18,20,22H2,1-5H3/t24-,30?,32-/m1/s1. The molecule has 0 aromatic heterocycles. The molecule has 4 rings (SSSR count). The molecule has 0 saturated carbocycles. The third-order valence-corrected chi connectivity index (χ3v) is 12.5. The van der Waals surface area contributed by atoms with Crippen molar-refractivity contribution in [2.75, 3.05) is 11.5 Å². The number of unbranched alkanes of at least 4 members (excludes halogenated alkanes) is 1. The number of halogens is 3. The van der Waals surface area contributed by atoms with Crippen molar-refractivity contribution >= 4 is 19.9 Å². The number of nitrogens with zero attached hydrogens (tertiary/aromatic N) is 1. The smallest absolute Gasteiger partial charge is 0.233 e. The van der Waals surface area contributed by atoms with E-state index in [0.29, 0.717) is 42.9 Å². The van der Waals surface area contributed by atoms with Crippen LogP contribution in [-0.2, 0) is 4.79 Å². The van der Waals surface area contributed by atoms with Gasteiger partial charge in [0.2, 0.25) is 5.91 Å². The summed E-state index contributed by atoms with van der Waals surface area (Å²) in [5.41, 5.74) is 1.84. The maximum atomic E-state index is 15.6. The molecule has 4 nitrogen and oxygen atoms in total. The monoisotopic (exact) mass is 597 g/mol. The normalized spacial score (nSPS) is 18.1. The minimum absolute atomic E-state index is 0.0352. The Labute approximate surface area is 248 Å². The predicted molar refractivity (Wildman–Crippen MR) is 164 cm³/mol. The van der Waals surface area contributed by atoms with Gasteiger partial charge in [-0.1, -0.05) is 45.4 Å². The molecule has 42 heavy (non-hydrogen) atoms. The van der Waals surface area contributed by atoms with E-state index in [2.05, 4.69) is 20.8 Å². The Balaban J connectivity index is 1.63. The molecule has 1 aliphatic heterocycles. The van der Waals surface area contributed by atoms with Crippen LogP contribution in [0, 0.1) is 23.4 Å². The van der Waals surface area contributed by atoms with Gasteiger partial charge in [0.25, 0.3) is 0 Å².